The fourth-order valence-electron chi connectivity index (χ4n) is 1.88. The van der Waals surface area contributed by atoms with Gasteiger partial charge in [0.15, 0.2) is 0 Å². The van der Waals surface area contributed by atoms with Crippen LogP contribution in [-0.4, -0.2) is 48.5 Å². The number of rotatable bonds is 4. The molecule has 1 aromatic carbocycles. The Balaban J connectivity index is 2.70. The number of likely N-dealkylation sites (N-methyl/N-ethyl adjacent to an activating group) is 2. The van der Waals surface area contributed by atoms with Crippen LogP contribution in [0.15, 0.2) is 12.1 Å². The summed E-state index contributed by atoms with van der Waals surface area (Å²) < 4.78 is 0. The number of aryl methyl sites for hydroxylation is 2. The van der Waals surface area contributed by atoms with Gasteiger partial charge in [-0.3, -0.25) is 9.69 Å². The van der Waals surface area contributed by atoms with Crippen molar-refractivity contribution in [2.75, 3.05) is 27.7 Å². The van der Waals surface area contributed by atoms with Crippen molar-refractivity contribution in [2.24, 2.45) is 0 Å². The van der Waals surface area contributed by atoms with Crippen LogP contribution in [-0.2, 0) is 11.3 Å². The minimum Gasteiger partial charge on any atom is -0.507 e. The van der Waals surface area contributed by atoms with E-state index in [1.165, 1.54) is 0 Å². The second-order valence-electron chi connectivity index (χ2n) is 5.04. The molecule has 0 aromatic heterocycles. The summed E-state index contributed by atoms with van der Waals surface area (Å²) in [5, 5.41) is 9.71. The van der Waals surface area contributed by atoms with Crippen molar-refractivity contribution in [3.05, 3.63) is 28.8 Å². The molecular weight excluding hydrogens is 228 g/mol. The first-order valence-corrected chi connectivity index (χ1v) is 5.99. The Morgan fingerprint density at radius 3 is 2.11 bits per heavy atom. The van der Waals surface area contributed by atoms with E-state index in [-0.39, 0.29) is 5.91 Å². The molecule has 1 amide bonds. The van der Waals surface area contributed by atoms with E-state index in [0.29, 0.717) is 18.8 Å². The predicted molar refractivity (Wildman–Crippen MR) is 72.6 cm³/mol. The highest BCUT2D eigenvalue weighted by molar-refractivity contribution is 5.77. The van der Waals surface area contributed by atoms with E-state index in [2.05, 4.69) is 0 Å². The Hall–Kier alpha value is -1.55. The molecule has 0 atom stereocenters. The van der Waals surface area contributed by atoms with Crippen LogP contribution in [0.1, 0.15) is 16.7 Å². The zero-order valence-corrected chi connectivity index (χ0v) is 11.8. The lowest BCUT2D eigenvalue weighted by molar-refractivity contribution is -0.129. The SMILES string of the molecule is Cc1cc(CN(C)CC(=O)N(C)C)cc(C)c1O. The maximum Gasteiger partial charge on any atom is 0.236 e. The van der Waals surface area contributed by atoms with E-state index in [9.17, 15) is 9.90 Å². The highest BCUT2D eigenvalue weighted by Crippen LogP contribution is 2.23. The molecule has 0 fully saturated rings. The van der Waals surface area contributed by atoms with Crippen LogP contribution >= 0.6 is 0 Å². The number of nitrogens with zero attached hydrogens (tertiary/aromatic N) is 2. The lowest BCUT2D eigenvalue weighted by Gasteiger charge is -2.19. The fraction of sp³-hybridized carbons (Fsp3) is 0.500. The van der Waals surface area contributed by atoms with Gasteiger partial charge in [0.25, 0.3) is 0 Å². The molecule has 0 saturated heterocycles. The number of benzene rings is 1. The zero-order chi connectivity index (χ0) is 13.9. The molecule has 1 aromatic rings. The molecule has 0 aliphatic heterocycles. The van der Waals surface area contributed by atoms with Gasteiger partial charge in [-0.1, -0.05) is 12.1 Å². The Morgan fingerprint density at radius 1 is 1.17 bits per heavy atom. The maximum atomic E-state index is 11.6. The molecule has 0 aliphatic rings. The molecule has 0 heterocycles. The monoisotopic (exact) mass is 250 g/mol. The Kier molecular flexibility index (Phi) is 4.73. The smallest absolute Gasteiger partial charge is 0.236 e. The average Bonchev–Trinajstić information content (AvgIpc) is 2.25. The second kappa shape index (κ2) is 5.87. The Labute approximate surface area is 109 Å². The normalized spacial score (nSPS) is 10.8. The number of carbonyl (C=O) groups is 1. The van der Waals surface area contributed by atoms with Crippen LogP contribution in [0.25, 0.3) is 0 Å². The fourth-order valence-corrected chi connectivity index (χ4v) is 1.88. The number of phenols is 1. The van der Waals surface area contributed by atoms with E-state index in [4.69, 9.17) is 0 Å². The van der Waals surface area contributed by atoms with Gasteiger partial charge in [-0.2, -0.15) is 0 Å². The van der Waals surface area contributed by atoms with Crippen molar-refractivity contribution in [1.82, 2.24) is 9.80 Å². The van der Waals surface area contributed by atoms with E-state index in [1.54, 1.807) is 19.0 Å². The summed E-state index contributed by atoms with van der Waals surface area (Å²) in [5.41, 5.74) is 2.85. The largest absolute Gasteiger partial charge is 0.507 e. The van der Waals surface area contributed by atoms with E-state index >= 15 is 0 Å². The van der Waals surface area contributed by atoms with E-state index in [1.807, 2.05) is 37.9 Å². The van der Waals surface area contributed by atoms with Crippen molar-refractivity contribution in [2.45, 2.75) is 20.4 Å². The van der Waals surface area contributed by atoms with Crippen LogP contribution in [0.3, 0.4) is 0 Å². The summed E-state index contributed by atoms with van der Waals surface area (Å²) >= 11 is 0. The van der Waals surface area contributed by atoms with Crippen molar-refractivity contribution >= 4 is 5.91 Å². The van der Waals surface area contributed by atoms with Gasteiger partial charge in [-0.15, -0.1) is 0 Å². The quantitative estimate of drug-likeness (QED) is 0.881. The Bertz CT molecular complexity index is 418. The van der Waals surface area contributed by atoms with Crippen molar-refractivity contribution in [3.63, 3.8) is 0 Å². The standard InChI is InChI=1S/C14H22N2O2/c1-10-6-12(7-11(2)14(10)18)8-16(5)9-13(17)15(3)4/h6-7,18H,8-9H2,1-5H3. The molecule has 4 nitrogen and oxygen atoms in total. The molecule has 1 rings (SSSR count). The molecule has 100 valence electrons. The molecule has 0 aliphatic carbocycles. The number of amides is 1. The topological polar surface area (TPSA) is 43.8 Å². The second-order valence-corrected chi connectivity index (χ2v) is 5.04. The summed E-state index contributed by atoms with van der Waals surface area (Å²) in [5.74, 6) is 0.440. The third-order valence-corrected chi connectivity index (χ3v) is 2.91. The molecule has 4 heteroatoms. The summed E-state index contributed by atoms with van der Waals surface area (Å²) in [6.07, 6.45) is 0. The molecule has 18 heavy (non-hydrogen) atoms. The summed E-state index contributed by atoms with van der Waals surface area (Å²) in [4.78, 5) is 15.1. The van der Waals surface area contributed by atoms with Gasteiger partial charge >= 0.3 is 0 Å². The Morgan fingerprint density at radius 2 is 1.67 bits per heavy atom. The van der Waals surface area contributed by atoms with Crippen LogP contribution in [0.4, 0.5) is 0 Å². The van der Waals surface area contributed by atoms with Gasteiger partial charge in [-0.25, -0.2) is 0 Å². The number of carbonyl (C=O) groups excluding carboxylic acids is 1. The molecule has 0 radical (unpaired) electrons. The molecule has 0 saturated carbocycles. The molecule has 0 spiro atoms. The van der Waals surface area contributed by atoms with Crippen molar-refractivity contribution < 1.29 is 9.90 Å². The summed E-state index contributed by atoms with van der Waals surface area (Å²) in [6.45, 7) is 4.86. The van der Waals surface area contributed by atoms with Crippen molar-refractivity contribution in [1.29, 1.82) is 0 Å². The van der Waals surface area contributed by atoms with E-state index in [0.717, 1.165) is 16.7 Å². The highest BCUT2D eigenvalue weighted by atomic mass is 16.3. The first-order chi connectivity index (χ1) is 8.31. The van der Waals surface area contributed by atoms with Gasteiger partial charge in [0, 0.05) is 20.6 Å². The first kappa shape index (κ1) is 14.5. The van der Waals surface area contributed by atoms with Gasteiger partial charge in [-0.05, 0) is 37.6 Å². The number of aromatic hydroxyl groups is 1. The average molecular weight is 250 g/mol. The lowest BCUT2D eigenvalue weighted by Crippen LogP contribution is -2.34. The predicted octanol–water partition coefficient (Wildman–Crippen LogP) is 1.53. The third kappa shape index (κ3) is 3.74. The minimum absolute atomic E-state index is 0.0877. The summed E-state index contributed by atoms with van der Waals surface area (Å²) in [7, 11) is 5.43. The van der Waals surface area contributed by atoms with Crippen LogP contribution in [0, 0.1) is 13.8 Å². The van der Waals surface area contributed by atoms with Crippen LogP contribution in [0.5, 0.6) is 5.75 Å². The lowest BCUT2D eigenvalue weighted by atomic mass is 10.1. The van der Waals surface area contributed by atoms with E-state index < -0.39 is 0 Å². The van der Waals surface area contributed by atoms with Crippen molar-refractivity contribution in [3.8, 4) is 5.75 Å². The molecule has 0 unspecified atom stereocenters. The van der Waals surface area contributed by atoms with Gasteiger partial charge < -0.3 is 10.0 Å². The van der Waals surface area contributed by atoms with Gasteiger partial charge in [0.1, 0.15) is 5.75 Å². The number of hydrogen-bond acceptors (Lipinski definition) is 3. The zero-order valence-electron chi connectivity index (χ0n) is 11.8. The van der Waals surface area contributed by atoms with Gasteiger partial charge in [0.05, 0.1) is 6.54 Å². The van der Waals surface area contributed by atoms with Gasteiger partial charge in [0.2, 0.25) is 5.91 Å². The highest BCUT2D eigenvalue weighted by Gasteiger charge is 2.10. The number of phenolic OH excluding ortho intramolecular Hbond substituents is 1. The molecular formula is C14H22N2O2. The number of hydrogen-bond donors (Lipinski definition) is 1. The maximum absolute atomic E-state index is 11.6. The third-order valence-electron chi connectivity index (χ3n) is 2.91. The first-order valence-electron chi connectivity index (χ1n) is 5.99. The summed E-state index contributed by atoms with van der Waals surface area (Å²) in [6, 6.07) is 3.91. The molecule has 0 bridgehead atoms. The molecule has 1 N–H and O–H groups in total. The minimum atomic E-state index is 0.0877. The van der Waals surface area contributed by atoms with Crippen LogP contribution < -0.4 is 0 Å². The van der Waals surface area contributed by atoms with Crippen LogP contribution in [0.2, 0.25) is 0 Å².